The van der Waals surface area contributed by atoms with Gasteiger partial charge in [-0.1, -0.05) is 5.92 Å². The van der Waals surface area contributed by atoms with Gasteiger partial charge in [0.2, 0.25) is 0 Å². The Labute approximate surface area is 88.0 Å². The minimum Gasteiger partial charge on any atom is -0.480 e. The quantitative estimate of drug-likeness (QED) is 0.525. The van der Waals surface area contributed by atoms with E-state index in [-0.39, 0.29) is 13.1 Å². The lowest BCUT2D eigenvalue weighted by atomic mass is 10.3. The number of hydrogen-bond acceptors (Lipinski definition) is 4. The zero-order valence-electron chi connectivity index (χ0n) is 8.47. The van der Waals surface area contributed by atoms with Crippen molar-refractivity contribution in [2.75, 3.05) is 26.7 Å². The molecule has 0 saturated heterocycles. The second kappa shape index (κ2) is 6.81. The van der Waals surface area contributed by atoms with Crippen molar-refractivity contribution in [3.05, 3.63) is 0 Å². The number of rotatable bonds is 6. The van der Waals surface area contributed by atoms with Gasteiger partial charge < -0.3 is 20.5 Å². The van der Waals surface area contributed by atoms with E-state index < -0.39 is 24.5 Å². The Morgan fingerprint density at radius 3 is 2.60 bits per heavy atom. The van der Waals surface area contributed by atoms with Crippen LogP contribution in [0.25, 0.3) is 0 Å². The summed E-state index contributed by atoms with van der Waals surface area (Å²) in [5.74, 6) is 0.555. The summed E-state index contributed by atoms with van der Waals surface area (Å²) in [6.45, 7) is -0.552. The number of carbonyl (C=O) groups excluding carboxylic acids is 1. The number of nitrogens with two attached hydrogens (primary N) is 1. The first-order chi connectivity index (χ1) is 7.06. The fraction of sp³-hybridized carbons (Fsp3) is 0.556. The Morgan fingerprint density at radius 1 is 1.67 bits per heavy atom. The Hall–Kier alpha value is -1.58. The molecule has 0 heterocycles. The highest BCUT2D eigenvalue weighted by molar-refractivity contribution is 5.85. The molecule has 1 atom stereocenters. The van der Waals surface area contributed by atoms with Crippen molar-refractivity contribution in [2.24, 2.45) is 5.73 Å². The first-order valence-electron chi connectivity index (χ1n) is 4.23. The van der Waals surface area contributed by atoms with Crippen LogP contribution in [-0.4, -0.2) is 54.7 Å². The van der Waals surface area contributed by atoms with Gasteiger partial charge >= 0.3 is 5.97 Å². The molecule has 0 aliphatic rings. The molecule has 0 saturated carbocycles. The average Bonchev–Trinajstić information content (AvgIpc) is 2.18. The van der Waals surface area contributed by atoms with Crippen molar-refractivity contribution in [1.82, 2.24) is 4.90 Å². The summed E-state index contributed by atoms with van der Waals surface area (Å²) in [5, 5.41) is 8.55. The van der Waals surface area contributed by atoms with Gasteiger partial charge in [0.15, 0.2) is 0 Å². The lowest BCUT2D eigenvalue weighted by Crippen LogP contribution is -2.45. The van der Waals surface area contributed by atoms with E-state index in [9.17, 15) is 9.59 Å². The van der Waals surface area contributed by atoms with Crippen molar-refractivity contribution in [3.63, 3.8) is 0 Å². The van der Waals surface area contributed by atoms with Crippen LogP contribution in [0.4, 0.5) is 0 Å². The first kappa shape index (κ1) is 13.4. The number of ether oxygens (including phenoxy) is 1. The highest BCUT2D eigenvalue weighted by Gasteiger charge is 2.23. The number of terminal acetylenes is 1. The molecule has 0 rings (SSSR count). The van der Waals surface area contributed by atoms with Crippen molar-refractivity contribution in [2.45, 2.75) is 6.10 Å². The number of methoxy groups -OCH3 is 1. The van der Waals surface area contributed by atoms with E-state index in [4.69, 9.17) is 22.0 Å². The second-order valence-corrected chi connectivity index (χ2v) is 2.75. The summed E-state index contributed by atoms with van der Waals surface area (Å²) in [7, 11) is 1.32. The van der Waals surface area contributed by atoms with Crippen LogP contribution in [-0.2, 0) is 14.3 Å². The fourth-order valence-electron chi connectivity index (χ4n) is 0.987. The predicted molar refractivity (Wildman–Crippen MR) is 52.9 cm³/mol. The van der Waals surface area contributed by atoms with E-state index >= 15 is 0 Å². The largest absolute Gasteiger partial charge is 0.480 e. The summed E-state index contributed by atoms with van der Waals surface area (Å²) >= 11 is 0. The van der Waals surface area contributed by atoms with Crippen molar-refractivity contribution >= 4 is 11.9 Å². The van der Waals surface area contributed by atoms with Crippen LogP contribution in [0.3, 0.4) is 0 Å². The molecular weight excluding hydrogens is 200 g/mol. The summed E-state index contributed by atoms with van der Waals surface area (Å²) in [6.07, 6.45) is 4.17. The minimum absolute atomic E-state index is 0.0178. The molecule has 3 N–H and O–H groups in total. The number of aliphatic carboxylic acids is 1. The summed E-state index contributed by atoms with van der Waals surface area (Å²) in [6, 6.07) is 0. The Morgan fingerprint density at radius 2 is 2.27 bits per heavy atom. The summed E-state index contributed by atoms with van der Waals surface area (Å²) < 4.78 is 4.79. The molecule has 0 aromatic rings. The number of hydrogen-bond donors (Lipinski definition) is 2. The van der Waals surface area contributed by atoms with Crippen molar-refractivity contribution in [3.8, 4) is 12.3 Å². The lowest BCUT2D eigenvalue weighted by molar-refractivity contribution is -0.148. The van der Waals surface area contributed by atoms with Gasteiger partial charge in [0.05, 0.1) is 6.54 Å². The molecule has 0 aromatic carbocycles. The normalized spacial score (nSPS) is 11.5. The molecular formula is C9H14N2O4. The fourth-order valence-corrected chi connectivity index (χ4v) is 0.987. The van der Waals surface area contributed by atoms with Gasteiger partial charge in [-0.2, -0.15) is 0 Å². The maximum atomic E-state index is 11.6. The monoisotopic (exact) mass is 214 g/mol. The van der Waals surface area contributed by atoms with Crippen LogP contribution in [0.5, 0.6) is 0 Å². The van der Waals surface area contributed by atoms with Crippen LogP contribution in [0.1, 0.15) is 0 Å². The van der Waals surface area contributed by atoms with Crippen LogP contribution >= 0.6 is 0 Å². The van der Waals surface area contributed by atoms with Gasteiger partial charge in [0.1, 0.15) is 12.6 Å². The van der Waals surface area contributed by atoms with Crippen LogP contribution in [0.15, 0.2) is 0 Å². The molecule has 15 heavy (non-hydrogen) atoms. The number of amides is 1. The molecule has 1 amide bonds. The molecule has 84 valence electrons. The highest BCUT2D eigenvalue weighted by atomic mass is 16.5. The zero-order chi connectivity index (χ0) is 11.8. The van der Waals surface area contributed by atoms with Crippen LogP contribution < -0.4 is 5.73 Å². The molecule has 0 radical (unpaired) electrons. The van der Waals surface area contributed by atoms with Gasteiger partial charge in [-0.15, -0.1) is 6.42 Å². The zero-order valence-corrected chi connectivity index (χ0v) is 8.47. The van der Waals surface area contributed by atoms with E-state index in [1.807, 2.05) is 0 Å². The second-order valence-electron chi connectivity index (χ2n) is 2.75. The number of carbonyl (C=O) groups is 2. The van der Waals surface area contributed by atoms with E-state index in [1.54, 1.807) is 0 Å². The summed E-state index contributed by atoms with van der Waals surface area (Å²) in [4.78, 5) is 23.0. The third kappa shape index (κ3) is 4.44. The van der Waals surface area contributed by atoms with E-state index in [0.717, 1.165) is 4.90 Å². The van der Waals surface area contributed by atoms with E-state index in [2.05, 4.69) is 5.92 Å². The van der Waals surface area contributed by atoms with Crippen LogP contribution in [0, 0.1) is 12.3 Å². The maximum absolute atomic E-state index is 11.6. The van der Waals surface area contributed by atoms with Gasteiger partial charge in [0, 0.05) is 13.7 Å². The number of carboxylic acids is 1. The van der Waals surface area contributed by atoms with Crippen molar-refractivity contribution < 1.29 is 19.4 Å². The first-order valence-corrected chi connectivity index (χ1v) is 4.23. The van der Waals surface area contributed by atoms with E-state index in [0.29, 0.717) is 0 Å². The predicted octanol–water partition coefficient (Wildman–Crippen LogP) is -1.49. The standard InChI is InChI=1S/C9H14N2O4/c1-3-4-11(6-8(12)13)9(14)7(5-10)15-2/h1,7H,4-6,10H2,2H3,(H,12,13). The van der Waals surface area contributed by atoms with Gasteiger partial charge in [-0.05, 0) is 0 Å². The third-order valence-electron chi connectivity index (χ3n) is 1.69. The third-order valence-corrected chi connectivity index (χ3v) is 1.69. The lowest BCUT2D eigenvalue weighted by Gasteiger charge is -2.22. The molecule has 6 nitrogen and oxygen atoms in total. The average molecular weight is 214 g/mol. The molecule has 1 unspecified atom stereocenters. The Bertz CT molecular complexity index is 268. The maximum Gasteiger partial charge on any atom is 0.323 e. The van der Waals surface area contributed by atoms with Crippen molar-refractivity contribution in [1.29, 1.82) is 0 Å². The number of carboxylic acid groups (broad SMARTS) is 1. The van der Waals surface area contributed by atoms with E-state index in [1.165, 1.54) is 7.11 Å². The highest BCUT2D eigenvalue weighted by Crippen LogP contribution is 1.97. The minimum atomic E-state index is -1.13. The Kier molecular flexibility index (Phi) is 6.09. The topological polar surface area (TPSA) is 92.9 Å². The van der Waals surface area contributed by atoms with Crippen LogP contribution in [0.2, 0.25) is 0 Å². The van der Waals surface area contributed by atoms with Gasteiger partial charge in [0.25, 0.3) is 5.91 Å². The summed E-state index contributed by atoms with van der Waals surface area (Å²) in [5.41, 5.74) is 5.28. The molecule has 0 aliphatic heterocycles. The molecule has 0 spiro atoms. The van der Waals surface area contributed by atoms with Gasteiger partial charge in [-0.25, -0.2) is 0 Å². The number of nitrogens with zero attached hydrogens (tertiary/aromatic N) is 1. The molecule has 0 aromatic heterocycles. The molecule has 0 bridgehead atoms. The molecule has 0 aliphatic carbocycles. The van der Waals surface area contributed by atoms with Gasteiger partial charge in [-0.3, -0.25) is 9.59 Å². The molecule has 0 fully saturated rings. The smallest absolute Gasteiger partial charge is 0.323 e. The molecule has 6 heteroatoms. The Balaban J connectivity index is 4.53. The SMILES string of the molecule is C#CCN(CC(=O)O)C(=O)C(CN)OC.